The normalized spacial score (nSPS) is 30.7. The van der Waals surface area contributed by atoms with Crippen LogP contribution in [0.2, 0.25) is 0 Å². The van der Waals surface area contributed by atoms with E-state index in [1.165, 1.54) is 64.5 Å². The van der Waals surface area contributed by atoms with Crippen LogP contribution in [0.1, 0.15) is 84.0 Å². The number of likely N-dealkylation sites (tertiary alicyclic amines) is 2. The van der Waals surface area contributed by atoms with Gasteiger partial charge in [0.2, 0.25) is 6.29 Å². The molecule has 0 unspecified atom stereocenters. The van der Waals surface area contributed by atoms with Crippen molar-refractivity contribution in [3.63, 3.8) is 0 Å². The number of ether oxygens (including phenoxy) is 2. The summed E-state index contributed by atoms with van der Waals surface area (Å²) in [6.45, 7) is 6.84. The van der Waals surface area contributed by atoms with E-state index in [2.05, 4.69) is 11.0 Å². The standard InChI is InChI=1S/C27H46N2O4/c1-2-32-27-23(12-9-19-30)24(21-10-5-3-6-11-21)20-25(33-27)26(31)29-17-13-22(14-18-29)28-15-7-4-8-16-28/h20-24,27,30H,2-19H2,1H3/t23-,24-,27-/m0/s1. The van der Waals surface area contributed by atoms with Crippen LogP contribution in [-0.4, -0.2) is 72.5 Å². The fourth-order valence-corrected chi connectivity index (χ4v) is 6.71. The van der Waals surface area contributed by atoms with Gasteiger partial charge >= 0.3 is 0 Å². The molecule has 2 saturated heterocycles. The van der Waals surface area contributed by atoms with Crippen molar-refractivity contribution >= 4 is 5.91 Å². The average Bonchev–Trinajstić information content (AvgIpc) is 2.88. The molecule has 3 aliphatic heterocycles. The number of nitrogens with zero attached hydrogens (tertiary/aromatic N) is 2. The maximum atomic E-state index is 13.6. The smallest absolute Gasteiger partial charge is 0.288 e. The summed E-state index contributed by atoms with van der Waals surface area (Å²) in [4.78, 5) is 18.2. The third kappa shape index (κ3) is 6.32. The number of hydrogen-bond donors (Lipinski definition) is 1. The number of carbonyl (C=O) groups is 1. The Kier molecular flexibility index (Phi) is 9.51. The lowest BCUT2D eigenvalue weighted by Gasteiger charge is -2.43. The van der Waals surface area contributed by atoms with Crippen LogP contribution in [0.25, 0.3) is 0 Å². The van der Waals surface area contributed by atoms with Gasteiger partial charge in [-0.1, -0.05) is 25.7 Å². The fourth-order valence-electron chi connectivity index (χ4n) is 6.71. The molecule has 1 amide bonds. The Labute approximate surface area is 200 Å². The number of hydrogen-bond acceptors (Lipinski definition) is 5. The molecule has 1 aliphatic carbocycles. The molecule has 188 valence electrons. The second-order valence-electron chi connectivity index (χ2n) is 10.6. The molecule has 3 fully saturated rings. The molecule has 0 radical (unpaired) electrons. The van der Waals surface area contributed by atoms with Crippen LogP contribution in [0.4, 0.5) is 0 Å². The molecule has 3 atom stereocenters. The summed E-state index contributed by atoms with van der Waals surface area (Å²) in [7, 11) is 0. The van der Waals surface area contributed by atoms with Crippen LogP contribution in [0, 0.1) is 17.8 Å². The summed E-state index contributed by atoms with van der Waals surface area (Å²) in [5.41, 5.74) is 0. The van der Waals surface area contributed by atoms with Gasteiger partial charge in [0.25, 0.3) is 5.91 Å². The van der Waals surface area contributed by atoms with Crippen LogP contribution in [0.3, 0.4) is 0 Å². The van der Waals surface area contributed by atoms with Crippen LogP contribution in [0.5, 0.6) is 0 Å². The molecule has 4 rings (SSSR count). The summed E-state index contributed by atoms with van der Waals surface area (Å²) >= 11 is 0. The summed E-state index contributed by atoms with van der Waals surface area (Å²) < 4.78 is 12.3. The molecule has 1 saturated carbocycles. The lowest BCUT2D eigenvalue weighted by Crippen LogP contribution is -2.49. The molecule has 0 bridgehead atoms. The number of carbonyl (C=O) groups excluding carboxylic acids is 1. The zero-order valence-electron chi connectivity index (χ0n) is 20.8. The molecule has 0 aromatic carbocycles. The van der Waals surface area contributed by atoms with E-state index in [1.807, 2.05) is 11.8 Å². The first-order valence-electron chi connectivity index (χ1n) is 13.9. The van der Waals surface area contributed by atoms with Gasteiger partial charge < -0.3 is 24.4 Å². The molecule has 0 aromatic heterocycles. The number of piperidine rings is 2. The molecule has 0 spiro atoms. The number of amides is 1. The second kappa shape index (κ2) is 12.6. The van der Waals surface area contributed by atoms with E-state index in [-0.39, 0.29) is 24.7 Å². The first kappa shape index (κ1) is 25.0. The van der Waals surface area contributed by atoms with Gasteiger partial charge in [0.05, 0.1) is 0 Å². The Morgan fingerprint density at radius 3 is 2.39 bits per heavy atom. The highest BCUT2D eigenvalue weighted by atomic mass is 16.7. The van der Waals surface area contributed by atoms with E-state index in [1.54, 1.807) is 0 Å². The molecule has 0 aromatic rings. The molecule has 4 aliphatic rings. The van der Waals surface area contributed by atoms with Crippen molar-refractivity contribution in [3.8, 4) is 0 Å². The summed E-state index contributed by atoms with van der Waals surface area (Å²) in [6, 6.07) is 0.629. The lowest BCUT2D eigenvalue weighted by atomic mass is 9.71. The molecule has 33 heavy (non-hydrogen) atoms. The van der Waals surface area contributed by atoms with Crippen molar-refractivity contribution < 1.29 is 19.4 Å². The van der Waals surface area contributed by atoms with Gasteiger partial charge in [-0.2, -0.15) is 0 Å². The van der Waals surface area contributed by atoms with Crippen molar-refractivity contribution in [2.75, 3.05) is 39.4 Å². The summed E-state index contributed by atoms with van der Waals surface area (Å²) in [6.07, 6.45) is 15.8. The number of aliphatic hydroxyl groups is 1. The van der Waals surface area contributed by atoms with E-state index < -0.39 is 0 Å². The van der Waals surface area contributed by atoms with Crippen molar-refractivity contribution in [1.29, 1.82) is 0 Å². The maximum Gasteiger partial charge on any atom is 0.288 e. The Balaban J connectivity index is 1.45. The quantitative estimate of drug-likeness (QED) is 0.582. The highest BCUT2D eigenvalue weighted by Gasteiger charge is 2.42. The third-order valence-electron chi connectivity index (χ3n) is 8.52. The number of allylic oxidation sites excluding steroid dienone is 1. The largest absolute Gasteiger partial charge is 0.459 e. The first-order chi connectivity index (χ1) is 16.2. The monoisotopic (exact) mass is 462 g/mol. The zero-order valence-corrected chi connectivity index (χ0v) is 20.8. The Morgan fingerprint density at radius 2 is 1.73 bits per heavy atom. The van der Waals surface area contributed by atoms with Crippen LogP contribution < -0.4 is 0 Å². The minimum absolute atomic E-state index is 0.0539. The molecule has 3 heterocycles. The van der Waals surface area contributed by atoms with Gasteiger partial charge in [-0.05, 0) is 89.3 Å². The van der Waals surface area contributed by atoms with Gasteiger partial charge in [-0.25, -0.2) is 0 Å². The second-order valence-corrected chi connectivity index (χ2v) is 10.6. The first-order valence-corrected chi connectivity index (χ1v) is 13.9. The molecular formula is C27H46N2O4. The Morgan fingerprint density at radius 1 is 1.03 bits per heavy atom. The maximum absolute atomic E-state index is 13.6. The van der Waals surface area contributed by atoms with Crippen LogP contribution in [0.15, 0.2) is 11.8 Å². The molecule has 1 N–H and O–H groups in total. The minimum atomic E-state index is -0.386. The highest BCUT2D eigenvalue weighted by Crippen LogP contribution is 2.42. The molecule has 6 nitrogen and oxygen atoms in total. The fraction of sp³-hybridized carbons (Fsp3) is 0.889. The van der Waals surface area contributed by atoms with E-state index in [4.69, 9.17) is 9.47 Å². The van der Waals surface area contributed by atoms with Gasteiger partial charge in [-0.15, -0.1) is 0 Å². The van der Waals surface area contributed by atoms with Gasteiger partial charge in [-0.3, -0.25) is 4.79 Å². The lowest BCUT2D eigenvalue weighted by molar-refractivity contribution is -0.180. The number of rotatable bonds is 8. The third-order valence-corrected chi connectivity index (χ3v) is 8.52. The van der Waals surface area contributed by atoms with E-state index in [9.17, 15) is 9.90 Å². The van der Waals surface area contributed by atoms with Crippen LogP contribution in [-0.2, 0) is 14.3 Å². The Hall–Kier alpha value is -1.11. The van der Waals surface area contributed by atoms with Gasteiger partial charge in [0.1, 0.15) is 0 Å². The van der Waals surface area contributed by atoms with Gasteiger partial charge in [0.15, 0.2) is 5.76 Å². The van der Waals surface area contributed by atoms with Crippen molar-refractivity contribution in [1.82, 2.24) is 9.80 Å². The summed E-state index contributed by atoms with van der Waals surface area (Å²) in [5.74, 6) is 1.66. The highest BCUT2D eigenvalue weighted by molar-refractivity contribution is 5.91. The topological polar surface area (TPSA) is 62.2 Å². The summed E-state index contributed by atoms with van der Waals surface area (Å²) in [5, 5.41) is 9.47. The average molecular weight is 463 g/mol. The van der Waals surface area contributed by atoms with E-state index in [0.717, 1.165) is 38.8 Å². The number of aliphatic hydroxyl groups excluding tert-OH is 1. The van der Waals surface area contributed by atoms with Crippen molar-refractivity contribution in [2.24, 2.45) is 17.8 Å². The van der Waals surface area contributed by atoms with Gasteiger partial charge in [0, 0.05) is 38.3 Å². The van der Waals surface area contributed by atoms with E-state index >= 15 is 0 Å². The van der Waals surface area contributed by atoms with E-state index in [0.29, 0.717) is 30.2 Å². The SMILES string of the molecule is CCO[C@H]1OC(C(=O)N2CCC(N3CCCCC3)CC2)=C[C@@H](C2CCCCC2)[C@@H]1CCCO. The predicted molar refractivity (Wildman–Crippen MR) is 129 cm³/mol. The minimum Gasteiger partial charge on any atom is -0.459 e. The molecule has 6 heteroatoms. The van der Waals surface area contributed by atoms with Crippen molar-refractivity contribution in [2.45, 2.75) is 96.3 Å². The Bertz CT molecular complexity index is 634. The zero-order chi connectivity index (χ0) is 23.0. The van der Waals surface area contributed by atoms with Crippen molar-refractivity contribution in [3.05, 3.63) is 11.8 Å². The molecular weight excluding hydrogens is 416 g/mol. The van der Waals surface area contributed by atoms with Crippen LogP contribution >= 0.6 is 0 Å². The predicted octanol–water partition coefficient (Wildman–Crippen LogP) is 4.33.